The van der Waals surface area contributed by atoms with Crippen LogP contribution in [0.3, 0.4) is 0 Å². The highest BCUT2D eigenvalue weighted by Gasteiger charge is 2.18. The second-order valence-electron chi connectivity index (χ2n) is 5.08. The Bertz CT molecular complexity index is 610. The van der Waals surface area contributed by atoms with Crippen LogP contribution in [0.15, 0.2) is 23.1 Å². The molecule has 0 unspecified atom stereocenters. The number of primary sulfonamides is 1. The second-order valence-corrected chi connectivity index (χ2v) is 6.64. The molecule has 1 saturated carbocycles. The van der Waals surface area contributed by atoms with Gasteiger partial charge in [0.25, 0.3) is 5.91 Å². The number of amides is 1. The molecule has 0 atom stereocenters. The average Bonchev–Trinajstić information content (AvgIpc) is 2.87. The van der Waals surface area contributed by atoms with E-state index in [4.69, 9.17) is 5.14 Å². The van der Waals surface area contributed by atoms with Crippen molar-refractivity contribution in [3.05, 3.63) is 29.6 Å². The van der Waals surface area contributed by atoms with Gasteiger partial charge in [0.2, 0.25) is 10.0 Å². The summed E-state index contributed by atoms with van der Waals surface area (Å²) in [6.07, 6.45) is 4.48. The van der Waals surface area contributed by atoms with Crippen LogP contribution in [0, 0.1) is 11.7 Å². The molecule has 1 aromatic rings. The number of rotatable bonds is 4. The Morgan fingerprint density at radius 1 is 1.30 bits per heavy atom. The zero-order valence-corrected chi connectivity index (χ0v) is 11.7. The Morgan fingerprint density at radius 2 is 1.95 bits per heavy atom. The van der Waals surface area contributed by atoms with E-state index in [-0.39, 0.29) is 5.56 Å². The smallest absolute Gasteiger partial charge is 0.251 e. The molecule has 3 N–H and O–H groups in total. The Morgan fingerprint density at radius 3 is 2.55 bits per heavy atom. The van der Waals surface area contributed by atoms with E-state index in [1.54, 1.807) is 0 Å². The summed E-state index contributed by atoms with van der Waals surface area (Å²) < 4.78 is 35.8. The minimum absolute atomic E-state index is 0.0352. The number of benzene rings is 1. The summed E-state index contributed by atoms with van der Waals surface area (Å²) in [5.41, 5.74) is -0.0352. The molecule has 1 aromatic carbocycles. The van der Waals surface area contributed by atoms with E-state index in [9.17, 15) is 17.6 Å². The predicted molar refractivity (Wildman–Crippen MR) is 72.1 cm³/mol. The van der Waals surface area contributed by atoms with Gasteiger partial charge in [0.15, 0.2) is 0 Å². The fourth-order valence-corrected chi connectivity index (χ4v) is 2.98. The first kappa shape index (κ1) is 14.9. The first-order valence-electron chi connectivity index (χ1n) is 6.48. The summed E-state index contributed by atoms with van der Waals surface area (Å²) in [6, 6.07) is 2.88. The maximum Gasteiger partial charge on any atom is 0.251 e. The van der Waals surface area contributed by atoms with E-state index >= 15 is 0 Å². The van der Waals surface area contributed by atoms with E-state index in [0.717, 1.165) is 43.9 Å². The van der Waals surface area contributed by atoms with Gasteiger partial charge in [-0.1, -0.05) is 12.8 Å². The van der Waals surface area contributed by atoms with Crippen LogP contribution in [0.25, 0.3) is 0 Å². The van der Waals surface area contributed by atoms with E-state index in [1.165, 1.54) is 0 Å². The van der Waals surface area contributed by atoms with Gasteiger partial charge in [0, 0.05) is 12.1 Å². The third-order valence-corrected chi connectivity index (χ3v) is 4.38. The molecular formula is C13H17FN2O3S. The molecule has 0 radical (unpaired) electrons. The highest BCUT2D eigenvalue weighted by molar-refractivity contribution is 7.89. The molecule has 0 spiro atoms. The molecule has 0 heterocycles. The molecule has 1 aliphatic carbocycles. The fraction of sp³-hybridized carbons (Fsp3) is 0.462. The molecule has 1 fully saturated rings. The summed E-state index contributed by atoms with van der Waals surface area (Å²) in [5, 5.41) is 7.65. The molecule has 5 nitrogen and oxygen atoms in total. The topological polar surface area (TPSA) is 89.3 Å². The summed E-state index contributed by atoms with van der Waals surface area (Å²) in [5.74, 6) is -0.839. The SMILES string of the molecule is NS(=O)(=O)c1cc(F)cc(C(=O)NCC2CCCC2)c1. The first-order valence-corrected chi connectivity index (χ1v) is 8.02. The van der Waals surface area contributed by atoms with Crippen molar-refractivity contribution in [1.82, 2.24) is 5.32 Å². The molecule has 20 heavy (non-hydrogen) atoms. The zero-order chi connectivity index (χ0) is 14.8. The molecule has 0 aliphatic heterocycles. The van der Waals surface area contributed by atoms with Gasteiger partial charge in [-0.15, -0.1) is 0 Å². The van der Waals surface area contributed by atoms with Crippen LogP contribution in [0.1, 0.15) is 36.0 Å². The van der Waals surface area contributed by atoms with Crippen molar-refractivity contribution in [2.24, 2.45) is 11.1 Å². The van der Waals surface area contributed by atoms with Crippen LogP contribution in [0.4, 0.5) is 4.39 Å². The third-order valence-electron chi connectivity index (χ3n) is 3.49. The van der Waals surface area contributed by atoms with Crippen LogP contribution >= 0.6 is 0 Å². The number of nitrogens with one attached hydrogen (secondary N) is 1. The van der Waals surface area contributed by atoms with Gasteiger partial charge in [-0.05, 0) is 37.0 Å². The molecule has 7 heteroatoms. The maximum atomic E-state index is 13.4. The average molecular weight is 300 g/mol. The van der Waals surface area contributed by atoms with Crippen molar-refractivity contribution >= 4 is 15.9 Å². The minimum atomic E-state index is -4.03. The maximum absolute atomic E-state index is 13.4. The molecule has 110 valence electrons. The Kier molecular flexibility index (Phi) is 4.39. The van der Waals surface area contributed by atoms with Crippen molar-refractivity contribution < 1.29 is 17.6 Å². The van der Waals surface area contributed by atoms with Gasteiger partial charge in [0.1, 0.15) is 5.82 Å². The normalized spacial score (nSPS) is 16.3. The molecule has 0 saturated heterocycles. The van der Waals surface area contributed by atoms with Gasteiger partial charge in [-0.25, -0.2) is 17.9 Å². The van der Waals surface area contributed by atoms with E-state index < -0.39 is 26.6 Å². The molecule has 1 amide bonds. The van der Waals surface area contributed by atoms with Crippen molar-refractivity contribution in [1.29, 1.82) is 0 Å². The number of carbonyl (C=O) groups is 1. The second kappa shape index (κ2) is 5.88. The lowest BCUT2D eigenvalue weighted by molar-refractivity contribution is 0.0946. The van der Waals surface area contributed by atoms with E-state index in [2.05, 4.69) is 5.32 Å². The highest BCUT2D eigenvalue weighted by atomic mass is 32.2. The largest absolute Gasteiger partial charge is 0.352 e. The van der Waals surface area contributed by atoms with Crippen molar-refractivity contribution in [2.75, 3.05) is 6.54 Å². The van der Waals surface area contributed by atoms with Gasteiger partial charge >= 0.3 is 0 Å². The standard InChI is InChI=1S/C13H17FN2O3S/c14-11-5-10(6-12(7-11)20(15,18)19)13(17)16-8-9-3-1-2-4-9/h5-7,9H,1-4,8H2,(H,16,17)(H2,15,18,19). The van der Waals surface area contributed by atoms with Crippen LogP contribution < -0.4 is 10.5 Å². The quantitative estimate of drug-likeness (QED) is 0.880. The van der Waals surface area contributed by atoms with Gasteiger partial charge in [-0.2, -0.15) is 0 Å². The minimum Gasteiger partial charge on any atom is -0.352 e. The van der Waals surface area contributed by atoms with Crippen LogP contribution in [-0.4, -0.2) is 20.9 Å². The Balaban J connectivity index is 2.11. The van der Waals surface area contributed by atoms with Gasteiger partial charge in [-0.3, -0.25) is 4.79 Å². The van der Waals surface area contributed by atoms with Gasteiger partial charge in [0.05, 0.1) is 4.90 Å². The predicted octanol–water partition coefficient (Wildman–Crippen LogP) is 1.39. The molecule has 0 aromatic heterocycles. The molecular weight excluding hydrogens is 283 g/mol. The Labute approximate surface area is 117 Å². The number of sulfonamides is 1. The van der Waals surface area contributed by atoms with Crippen LogP contribution in [0.5, 0.6) is 0 Å². The lowest BCUT2D eigenvalue weighted by Gasteiger charge is -2.11. The first-order chi connectivity index (χ1) is 9.36. The molecule has 0 bridgehead atoms. The molecule has 1 aliphatic rings. The summed E-state index contributed by atoms with van der Waals surface area (Å²) in [6.45, 7) is 0.528. The third kappa shape index (κ3) is 3.77. The monoisotopic (exact) mass is 300 g/mol. The van der Waals surface area contributed by atoms with Crippen molar-refractivity contribution in [2.45, 2.75) is 30.6 Å². The Hall–Kier alpha value is -1.47. The summed E-state index contributed by atoms with van der Waals surface area (Å²) in [4.78, 5) is 11.5. The number of halogens is 1. The highest BCUT2D eigenvalue weighted by Crippen LogP contribution is 2.23. The molecule has 2 rings (SSSR count). The van der Waals surface area contributed by atoms with Crippen LogP contribution in [-0.2, 0) is 10.0 Å². The van der Waals surface area contributed by atoms with Crippen molar-refractivity contribution in [3.63, 3.8) is 0 Å². The van der Waals surface area contributed by atoms with Crippen LogP contribution in [0.2, 0.25) is 0 Å². The number of hydrogen-bond acceptors (Lipinski definition) is 3. The fourth-order valence-electron chi connectivity index (χ4n) is 2.41. The van der Waals surface area contributed by atoms with E-state index in [0.29, 0.717) is 12.5 Å². The number of nitrogens with two attached hydrogens (primary N) is 1. The van der Waals surface area contributed by atoms with Gasteiger partial charge < -0.3 is 5.32 Å². The lowest BCUT2D eigenvalue weighted by Crippen LogP contribution is -2.28. The number of hydrogen-bond donors (Lipinski definition) is 2. The summed E-state index contributed by atoms with van der Waals surface area (Å²) >= 11 is 0. The van der Waals surface area contributed by atoms with E-state index in [1.807, 2.05) is 0 Å². The van der Waals surface area contributed by atoms with Crippen molar-refractivity contribution in [3.8, 4) is 0 Å². The lowest BCUT2D eigenvalue weighted by atomic mass is 10.1. The number of carbonyl (C=O) groups excluding carboxylic acids is 1. The zero-order valence-electron chi connectivity index (χ0n) is 10.9. The summed E-state index contributed by atoms with van der Waals surface area (Å²) in [7, 11) is -4.03.